The van der Waals surface area contributed by atoms with Crippen LogP contribution in [0.5, 0.6) is 0 Å². The summed E-state index contributed by atoms with van der Waals surface area (Å²) in [7, 11) is 0. The molecule has 1 fully saturated rings. The molecule has 2 atom stereocenters. The predicted molar refractivity (Wildman–Crippen MR) is 96.3 cm³/mol. The van der Waals surface area contributed by atoms with Gasteiger partial charge >= 0.3 is 6.03 Å². The maximum absolute atomic E-state index is 13.2. The van der Waals surface area contributed by atoms with Crippen LogP contribution in [0.15, 0.2) is 35.7 Å². The predicted octanol–water partition coefficient (Wildman–Crippen LogP) is 4.78. The summed E-state index contributed by atoms with van der Waals surface area (Å²) in [6.07, 6.45) is 0. The first-order valence-corrected chi connectivity index (χ1v) is 9.52. The number of hydrogen-bond donors (Lipinski definition) is 1. The van der Waals surface area contributed by atoms with Crippen LogP contribution in [0.2, 0.25) is 5.02 Å². The lowest BCUT2D eigenvalue weighted by Crippen LogP contribution is -2.51. The Morgan fingerprint density at radius 1 is 1.42 bits per heavy atom. The first-order chi connectivity index (χ1) is 11.5. The van der Waals surface area contributed by atoms with Gasteiger partial charge in [-0.05, 0) is 36.6 Å². The third-order valence-corrected chi connectivity index (χ3v) is 6.44. The summed E-state index contributed by atoms with van der Waals surface area (Å²) in [5.74, 6) is -0.149. The van der Waals surface area contributed by atoms with E-state index in [0.29, 0.717) is 11.4 Å². The highest BCUT2D eigenvalue weighted by Crippen LogP contribution is 2.38. The molecule has 3 amide bonds. The number of urea groups is 1. The van der Waals surface area contributed by atoms with Gasteiger partial charge in [0.25, 0.3) is 0 Å². The Balaban J connectivity index is 1.79. The number of carbonyl (C=O) groups is 2. The van der Waals surface area contributed by atoms with E-state index in [2.05, 4.69) is 5.32 Å². The molecule has 0 unspecified atom stereocenters. The van der Waals surface area contributed by atoms with Gasteiger partial charge in [0.15, 0.2) is 0 Å². The number of thiophene rings is 1. The van der Waals surface area contributed by atoms with Crippen molar-refractivity contribution in [2.24, 2.45) is 0 Å². The molecule has 1 aromatic carbocycles. The summed E-state index contributed by atoms with van der Waals surface area (Å²) in [5.41, 5.74) is 0.345. The van der Waals surface area contributed by atoms with Crippen LogP contribution in [0.4, 0.5) is 14.9 Å². The fourth-order valence-electron chi connectivity index (χ4n) is 2.43. The molecule has 1 aliphatic rings. The van der Waals surface area contributed by atoms with Crippen molar-refractivity contribution in [2.75, 3.05) is 11.1 Å². The topological polar surface area (TPSA) is 49.4 Å². The Morgan fingerprint density at radius 2 is 2.21 bits per heavy atom. The summed E-state index contributed by atoms with van der Waals surface area (Å²) in [6, 6.07) is 6.92. The van der Waals surface area contributed by atoms with Crippen LogP contribution in [0.1, 0.15) is 17.1 Å². The number of imide groups is 1. The Bertz CT molecular complexity index is 769. The fourth-order valence-corrected chi connectivity index (χ4v) is 4.79. The number of anilines is 1. The molecule has 2 aromatic rings. The molecule has 1 saturated heterocycles. The van der Waals surface area contributed by atoms with Crippen LogP contribution in [-0.4, -0.2) is 28.6 Å². The molecule has 24 heavy (non-hydrogen) atoms. The smallest absolute Gasteiger partial charge is 0.307 e. The molecular formula is C16H14ClFN2O2S2. The molecule has 0 spiro atoms. The molecule has 0 radical (unpaired) electrons. The first kappa shape index (κ1) is 17.3. The van der Waals surface area contributed by atoms with E-state index in [0.717, 1.165) is 4.88 Å². The van der Waals surface area contributed by atoms with Crippen molar-refractivity contribution in [1.82, 2.24) is 4.90 Å². The van der Waals surface area contributed by atoms with E-state index in [1.807, 2.05) is 24.4 Å². The Labute approximate surface area is 152 Å². The van der Waals surface area contributed by atoms with Gasteiger partial charge in [-0.25, -0.2) is 9.18 Å². The van der Waals surface area contributed by atoms with Crippen LogP contribution < -0.4 is 5.32 Å². The third-order valence-electron chi connectivity index (χ3n) is 3.60. The minimum absolute atomic E-state index is 0.0853. The Hall–Kier alpha value is -1.57. The molecule has 126 valence electrons. The monoisotopic (exact) mass is 384 g/mol. The van der Waals surface area contributed by atoms with Gasteiger partial charge in [0.05, 0.1) is 5.02 Å². The summed E-state index contributed by atoms with van der Waals surface area (Å²) >= 11 is 8.76. The number of thioether (sulfide) groups is 1. The van der Waals surface area contributed by atoms with Gasteiger partial charge in [0, 0.05) is 22.4 Å². The normalized spacial score (nSPS) is 21.0. The van der Waals surface area contributed by atoms with E-state index < -0.39 is 11.8 Å². The third kappa shape index (κ3) is 3.43. The van der Waals surface area contributed by atoms with Crippen LogP contribution in [0, 0.1) is 5.82 Å². The van der Waals surface area contributed by atoms with Crippen molar-refractivity contribution < 1.29 is 14.0 Å². The van der Waals surface area contributed by atoms with E-state index in [9.17, 15) is 14.0 Å². The van der Waals surface area contributed by atoms with Crippen molar-refractivity contribution in [3.63, 3.8) is 0 Å². The maximum atomic E-state index is 13.2. The van der Waals surface area contributed by atoms with Gasteiger partial charge in [0.2, 0.25) is 5.91 Å². The largest absolute Gasteiger partial charge is 0.328 e. The number of nitrogens with zero attached hydrogens (tertiary/aromatic N) is 1. The number of benzene rings is 1. The summed E-state index contributed by atoms with van der Waals surface area (Å²) in [6.45, 7) is 1.83. The minimum atomic E-state index is -0.564. The average molecular weight is 385 g/mol. The lowest BCUT2D eigenvalue weighted by molar-refractivity contribution is -0.129. The van der Waals surface area contributed by atoms with E-state index in [-0.39, 0.29) is 22.2 Å². The zero-order valence-electron chi connectivity index (χ0n) is 12.7. The number of carbonyl (C=O) groups excluding carboxylic acids is 2. The first-order valence-electron chi connectivity index (χ1n) is 7.21. The highest BCUT2D eigenvalue weighted by Gasteiger charge is 2.39. The number of amides is 3. The van der Waals surface area contributed by atoms with Crippen LogP contribution in [0.25, 0.3) is 0 Å². The summed E-state index contributed by atoms with van der Waals surface area (Å²) in [4.78, 5) is 27.5. The molecule has 2 heterocycles. The highest BCUT2D eigenvalue weighted by atomic mass is 35.5. The summed E-state index contributed by atoms with van der Waals surface area (Å²) < 4.78 is 13.2. The van der Waals surface area contributed by atoms with E-state index in [1.54, 1.807) is 0 Å². The molecule has 0 bridgehead atoms. The second kappa shape index (κ2) is 7.13. The van der Waals surface area contributed by atoms with Crippen LogP contribution in [0.3, 0.4) is 0 Å². The van der Waals surface area contributed by atoms with Gasteiger partial charge in [-0.1, -0.05) is 17.7 Å². The van der Waals surface area contributed by atoms with Crippen LogP contribution in [-0.2, 0) is 4.79 Å². The molecule has 3 rings (SSSR count). The minimum Gasteiger partial charge on any atom is -0.307 e. The maximum Gasteiger partial charge on any atom is 0.328 e. The Morgan fingerprint density at radius 3 is 2.88 bits per heavy atom. The lowest BCUT2D eigenvalue weighted by atomic mass is 10.2. The zero-order valence-corrected chi connectivity index (χ0v) is 15.1. The quantitative estimate of drug-likeness (QED) is 0.810. The number of hydrogen-bond acceptors (Lipinski definition) is 4. The molecule has 1 aliphatic heterocycles. The molecule has 8 heteroatoms. The average Bonchev–Trinajstić information content (AvgIpc) is 3.05. The van der Waals surface area contributed by atoms with Crippen molar-refractivity contribution in [1.29, 1.82) is 0 Å². The molecule has 4 nitrogen and oxygen atoms in total. The highest BCUT2D eigenvalue weighted by molar-refractivity contribution is 8.00. The number of rotatable bonds is 2. The van der Waals surface area contributed by atoms with Gasteiger partial charge in [-0.2, -0.15) is 0 Å². The molecular weight excluding hydrogens is 371 g/mol. The van der Waals surface area contributed by atoms with Crippen molar-refractivity contribution in [3.8, 4) is 0 Å². The van der Waals surface area contributed by atoms with E-state index in [1.165, 1.54) is 46.2 Å². The van der Waals surface area contributed by atoms with E-state index >= 15 is 0 Å². The lowest BCUT2D eigenvalue weighted by Gasteiger charge is -2.35. The molecule has 1 N–H and O–H groups in total. The standard InChI is InChI=1S/C16H14ClFN2O2S2/c1-9-8-24-14(13-3-2-6-23-13)15(21)20(9)16(22)19-10-4-5-12(18)11(17)7-10/h2-7,9,14H,8H2,1H3,(H,19,22)/t9-,14+/m1/s1. The van der Waals surface area contributed by atoms with E-state index in [4.69, 9.17) is 11.6 Å². The molecule has 0 aliphatic carbocycles. The zero-order chi connectivity index (χ0) is 17.3. The van der Waals surface area contributed by atoms with Crippen LogP contribution >= 0.6 is 34.7 Å². The number of halogens is 2. The fraction of sp³-hybridized carbons (Fsp3) is 0.250. The van der Waals surface area contributed by atoms with Gasteiger partial charge < -0.3 is 5.32 Å². The van der Waals surface area contributed by atoms with Gasteiger partial charge in [0.1, 0.15) is 11.1 Å². The summed E-state index contributed by atoms with van der Waals surface area (Å²) in [5, 5.41) is 4.07. The van der Waals surface area contributed by atoms with Crippen molar-refractivity contribution in [2.45, 2.75) is 18.2 Å². The second-order valence-electron chi connectivity index (χ2n) is 5.35. The number of nitrogens with one attached hydrogen (secondary N) is 1. The van der Waals surface area contributed by atoms with Crippen molar-refractivity contribution >= 4 is 52.3 Å². The van der Waals surface area contributed by atoms with Gasteiger partial charge in [-0.3, -0.25) is 9.69 Å². The van der Waals surface area contributed by atoms with Crippen molar-refractivity contribution in [3.05, 3.63) is 51.4 Å². The molecule has 0 saturated carbocycles. The van der Waals surface area contributed by atoms with Gasteiger partial charge in [-0.15, -0.1) is 23.1 Å². The Kier molecular flexibility index (Phi) is 5.12. The second-order valence-corrected chi connectivity index (χ2v) is 7.87. The molecule has 1 aromatic heterocycles. The SMILES string of the molecule is C[C@@H]1CS[C@@H](c2cccs2)C(=O)N1C(=O)Nc1ccc(F)c(Cl)c1.